The van der Waals surface area contributed by atoms with Crippen molar-refractivity contribution in [2.75, 3.05) is 44.6 Å². The van der Waals surface area contributed by atoms with Crippen LogP contribution in [0.4, 0.5) is 10.5 Å². The number of amides is 2. The molecule has 0 aromatic heterocycles. The molecule has 1 aliphatic heterocycles. The first-order valence-corrected chi connectivity index (χ1v) is 8.16. The number of anilines is 1. The summed E-state index contributed by atoms with van der Waals surface area (Å²) in [5, 5.41) is 3.91. The van der Waals surface area contributed by atoms with E-state index in [0.29, 0.717) is 48.5 Å². The van der Waals surface area contributed by atoms with Crippen LogP contribution >= 0.6 is 23.2 Å². The standard InChI is InChI=1S/C15H19Cl2N3O3/c1-2-23-15(22)20-8-6-19(7-9-20)13(21)10-18-14-11(16)4-3-5-12(14)17/h3-5,18H,2,6-10H2,1H3. The Labute approximate surface area is 145 Å². The molecule has 1 saturated heterocycles. The molecule has 6 nitrogen and oxygen atoms in total. The average Bonchev–Trinajstić information content (AvgIpc) is 2.54. The van der Waals surface area contributed by atoms with Crippen molar-refractivity contribution in [2.45, 2.75) is 6.92 Å². The maximum atomic E-state index is 12.2. The van der Waals surface area contributed by atoms with Crippen LogP contribution in [0, 0.1) is 0 Å². The molecular formula is C15H19Cl2N3O3. The van der Waals surface area contributed by atoms with Crippen molar-refractivity contribution in [3.8, 4) is 0 Å². The summed E-state index contributed by atoms with van der Waals surface area (Å²) in [5.41, 5.74) is 0.550. The van der Waals surface area contributed by atoms with E-state index in [-0.39, 0.29) is 18.5 Å². The number of carbonyl (C=O) groups excluding carboxylic acids is 2. The van der Waals surface area contributed by atoms with Gasteiger partial charge in [0, 0.05) is 26.2 Å². The van der Waals surface area contributed by atoms with E-state index in [1.807, 2.05) is 0 Å². The van der Waals surface area contributed by atoms with Gasteiger partial charge in [-0.2, -0.15) is 0 Å². The van der Waals surface area contributed by atoms with Gasteiger partial charge in [0.15, 0.2) is 0 Å². The van der Waals surface area contributed by atoms with Gasteiger partial charge < -0.3 is 19.9 Å². The lowest BCUT2D eigenvalue weighted by Gasteiger charge is -2.34. The number of nitrogens with one attached hydrogen (secondary N) is 1. The molecule has 23 heavy (non-hydrogen) atoms. The predicted octanol–water partition coefficient (Wildman–Crippen LogP) is 2.71. The Morgan fingerprint density at radius 2 is 1.70 bits per heavy atom. The fraction of sp³-hybridized carbons (Fsp3) is 0.467. The van der Waals surface area contributed by atoms with Gasteiger partial charge in [-0.25, -0.2) is 4.79 Å². The smallest absolute Gasteiger partial charge is 0.409 e. The minimum Gasteiger partial charge on any atom is -0.450 e. The van der Waals surface area contributed by atoms with Crippen molar-refractivity contribution in [3.63, 3.8) is 0 Å². The van der Waals surface area contributed by atoms with Crippen LogP contribution in [0.1, 0.15) is 6.92 Å². The molecule has 1 aliphatic rings. The lowest BCUT2D eigenvalue weighted by Crippen LogP contribution is -2.51. The van der Waals surface area contributed by atoms with Crippen molar-refractivity contribution in [1.29, 1.82) is 0 Å². The number of piperazine rings is 1. The Kier molecular flexibility index (Phi) is 6.36. The van der Waals surface area contributed by atoms with Crippen LogP contribution in [-0.4, -0.2) is 61.1 Å². The van der Waals surface area contributed by atoms with Crippen molar-refractivity contribution >= 4 is 40.9 Å². The van der Waals surface area contributed by atoms with Gasteiger partial charge >= 0.3 is 6.09 Å². The van der Waals surface area contributed by atoms with Gasteiger partial charge in [0.25, 0.3) is 0 Å². The molecule has 126 valence electrons. The number of para-hydroxylation sites is 1. The first-order chi connectivity index (χ1) is 11.0. The molecule has 1 aromatic carbocycles. The van der Waals surface area contributed by atoms with E-state index in [9.17, 15) is 9.59 Å². The number of ether oxygens (including phenoxy) is 1. The highest BCUT2D eigenvalue weighted by Gasteiger charge is 2.24. The molecule has 8 heteroatoms. The van der Waals surface area contributed by atoms with Crippen LogP contribution in [0.2, 0.25) is 10.0 Å². The van der Waals surface area contributed by atoms with Crippen molar-refractivity contribution < 1.29 is 14.3 Å². The molecule has 0 bridgehead atoms. The second-order valence-corrected chi connectivity index (χ2v) is 5.83. The average molecular weight is 360 g/mol. The molecule has 0 spiro atoms. The SMILES string of the molecule is CCOC(=O)N1CCN(C(=O)CNc2c(Cl)cccc2Cl)CC1. The topological polar surface area (TPSA) is 61.9 Å². The molecule has 1 fully saturated rings. The predicted molar refractivity (Wildman–Crippen MR) is 90.1 cm³/mol. The Bertz CT molecular complexity index is 555. The fourth-order valence-corrected chi connectivity index (χ4v) is 2.83. The third kappa shape index (κ3) is 4.65. The molecule has 1 N–H and O–H groups in total. The number of carbonyl (C=O) groups is 2. The number of halogens is 2. The Morgan fingerprint density at radius 3 is 2.26 bits per heavy atom. The number of nitrogens with zero attached hydrogens (tertiary/aromatic N) is 2. The van der Waals surface area contributed by atoms with Crippen molar-refractivity contribution in [1.82, 2.24) is 9.80 Å². The zero-order valence-corrected chi connectivity index (χ0v) is 14.4. The summed E-state index contributed by atoms with van der Waals surface area (Å²) in [4.78, 5) is 27.2. The molecule has 0 radical (unpaired) electrons. The van der Waals surface area contributed by atoms with E-state index in [2.05, 4.69) is 5.32 Å². The lowest BCUT2D eigenvalue weighted by atomic mass is 10.3. The number of hydrogen-bond donors (Lipinski definition) is 1. The maximum absolute atomic E-state index is 12.2. The molecule has 0 aliphatic carbocycles. The van der Waals surface area contributed by atoms with Crippen LogP contribution in [0.15, 0.2) is 18.2 Å². The molecular weight excluding hydrogens is 341 g/mol. The minimum atomic E-state index is -0.333. The summed E-state index contributed by atoms with van der Waals surface area (Å²) in [6.07, 6.45) is -0.333. The molecule has 0 atom stereocenters. The van der Waals surface area contributed by atoms with Crippen molar-refractivity contribution in [2.24, 2.45) is 0 Å². The van der Waals surface area contributed by atoms with Crippen LogP contribution in [-0.2, 0) is 9.53 Å². The van der Waals surface area contributed by atoms with Crippen LogP contribution < -0.4 is 5.32 Å². The van der Waals surface area contributed by atoms with Crippen molar-refractivity contribution in [3.05, 3.63) is 28.2 Å². The summed E-state index contributed by atoms with van der Waals surface area (Å²) in [7, 11) is 0. The lowest BCUT2D eigenvalue weighted by molar-refractivity contribution is -0.130. The molecule has 1 heterocycles. The largest absolute Gasteiger partial charge is 0.450 e. The third-order valence-electron chi connectivity index (χ3n) is 3.54. The zero-order chi connectivity index (χ0) is 16.8. The first kappa shape index (κ1) is 17.7. The second-order valence-electron chi connectivity index (χ2n) is 5.02. The van der Waals surface area contributed by atoms with Gasteiger partial charge in [-0.1, -0.05) is 29.3 Å². The van der Waals surface area contributed by atoms with Gasteiger partial charge in [-0.15, -0.1) is 0 Å². The summed E-state index contributed by atoms with van der Waals surface area (Å²) >= 11 is 12.1. The molecule has 2 amide bonds. The summed E-state index contributed by atoms with van der Waals surface area (Å²) < 4.78 is 4.95. The van der Waals surface area contributed by atoms with Crippen LogP contribution in [0.3, 0.4) is 0 Å². The highest BCUT2D eigenvalue weighted by atomic mass is 35.5. The molecule has 2 rings (SSSR count). The Morgan fingerprint density at radius 1 is 1.13 bits per heavy atom. The van der Waals surface area contributed by atoms with E-state index < -0.39 is 0 Å². The number of benzene rings is 1. The maximum Gasteiger partial charge on any atom is 0.409 e. The minimum absolute atomic E-state index is 0.0653. The normalized spacial score (nSPS) is 14.6. The van der Waals surface area contributed by atoms with Gasteiger partial charge in [-0.3, -0.25) is 4.79 Å². The van der Waals surface area contributed by atoms with Crippen LogP contribution in [0.5, 0.6) is 0 Å². The number of hydrogen-bond acceptors (Lipinski definition) is 4. The monoisotopic (exact) mass is 359 g/mol. The van der Waals surface area contributed by atoms with Gasteiger partial charge in [0.05, 0.1) is 28.9 Å². The van der Waals surface area contributed by atoms with Gasteiger partial charge in [0.1, 0.15) is 0 Å². The summed E-state index contributed by atoms with van der Waals surface area (Å²) in [5.74, 6) is -0.0653. The highest BCUT2D eigenvalue weighted by Crippen LogP contribution is 2.29. The van der Waals surface area contributed by atoms with Crippen LogP contribution in [0.25, 0.3) is 0 Å². The van der Waals surface area contributed by atoms with E-state index in [1.54, 1.807) is 34.9 Å². The van der Waals surface area contributed by atoms with Gasteiger partial charge in [0.2, 0.25) is 5.91 Å². The Hall–Kier alpha value is -1.66. The quantitative estimate of drug-likeness (QED) is 0.897. The molecule has 1 aromatic rings. The second kappa shape index (κ2) is 8.26. The summed E-state index contributed by atoms with van der Waals surface area (Å²) in [6, 6.07) is 5.16. The highest BCUT2D eigenvalue weighted by molar-refractivity contribution is 6.39. The van der Waals surface area contributed by atoms with E-state index in [1.165, 1.54) is 0 Å². The van der Waals surface area contributed by atoms with Gasteiger partial charge in [-0.05, 0) is 19.1 Å². The zero-order valence-electron chi connectivity index (χ0n) is 12.8. The van der Waals surface area contributed by atoms with E-state index in [0.717, 1.165) is 0 Å². The summed E-state index contributed by atoms with van der Waals surface area (Å²) in [6.45, 7) is 4.12. The first-order valence-electron chi connectivity index (χ1n) is 7.40. The van der Waals surface area contributed by atoms with E-state index in [4.69, 9.17) is 27.9 Å². The molecule has 0 saturated carbocycles. The third-order valence-corrected chi connectivity index (χ3v) is 4.17. The fourth-order valence-electron chi connectivity index (χ4n) is 2.30. The molecule has 0 unspecified atom stereocenters. The number of rotatable bonds is 4. The Balaban J connectivity index is 1.83. The van der Waals surface area contributed by atoms with E-state index >= 15 is 0 Å².